The summed E-state index contributed by atoms with van der Waals surface area (Å²) >= 11 is 0. The Bertz CT molecular complexity index is 894. The molecule has 0 unspecified atom stereocenters. The number of Topliss-reactive ketones (excluding diaryl/α,β-unsaturated/α-hetero) is 1. The molecule has 1 amide bonds. The van der Waals surface area contributed by atoms with Crippen molar-refractivity contribution in [3.8, 4) is 0 Å². The highest BCUT2D eigenvalue weighted by Crippen LogP contribution is 2.24. The molecule has 3 rings (SSSR count). The number of aromatic nitrogens is 2. The van der Waals surface area contributed by atoms with Gasteiger partial charge in [-0.25, -0.2) is 23.5 Å². The largest absolute Gasteiger partial charge is 0.476 e. The average Bonchev–Trinajstić information content (AvgIpc) is 2.69. The maximum atomic E-state index is 13.8. The fourth-order valence-corrected chi connectivity index (χ4v) is 2.96. The van der Waals surface area contributed by atoms with E-state index in [2.05, 4.69) is 9.97 Å². The number of carbonyl (C=O) groups is 3. The van der Waals surface area contributed by atoms with Crippen LogP contribution >= 0.6 is 0 Å². The van der Waals surface area contributed by atoms with E-state index in [-0.39, 0.29) is 30.0 Å². The van der Waals surface area contributed by atoms with Gasteiger partial charge < -0.3 is 10.0 Å². The van der Waals surface area contributed by atoms with E-state index in [1.807, 2.05) is 0 Å². The second kappa shape index (κ2) is 7.56. The van der Waals surface area contributed by atoms with Crippen molar-refractivity contribution < 1.29 is 28.3 Å². The van der Waals surface area contributed by atoms with Crippen LogP contribution in [0.15, 0.2) is 30.6 Å². The van der Waals surface area contributed by atoms with Gasteiger partial charge in [0.15, 0.2) is 11.5 Å². The third-order valence-corrected chi connectivity index (χ3v) is 4.44. The van der Waals surface area contributed by atoms with E-state index in [4.69, 9.17) is 5.11 Å². The fraction of sp³-hybridized carbons (Fsp3) is 0.278. The Balaban J connectivity index is 1.64. The lowest BCUT2D eigenvalue weighted by atomic mass is 9.88. The van der Waals surface area contributed by atoms with E-state index >= 15 is 0 Å². The van der Waals surface area contributed by atoms with Gasteiger partial charge in [-0.2, -0.15) is 0 Å². The summed E-state index contributed by atoms with van der Waals surface area (Å²) in [7, 11) is 0. The SMILES string of the molecule is O=C(O)c1cnc(C(=O)N2CCC(C(=O)c3cc(F)ccc3F)CC2)cn1. The van der Waals surface area contributed by atoms with Crippen LogP contribution in [0.2, 0.25) is 0 Å². The quantitative estimate of drug-likeness (QED) is 0.822. The normalized spacial score (nSPS) is 14.8. The topological polar surface area (TPSA) is 100 Å². The van der Waals surface area contributed by atoms with E-state index < -0.39 is 35.2 Å². The summed E-state index contributed by atoms with van der Waals surface area (Å²) in [6.07, 6.45) is 2.70. The predicted octanol–water partition coefficient (Wildman–Crippen LogP) is 2.19. The van der Waals surface area contributed by atoms with Crippen LogP contribution < -0.4 is 0 Å². The molecule has 0 radical (unpaired) electrons. The lowest BCUT2D eigenvalue weighted by Gasteiger charge is -2.31. The Labute approximate surface area is 152 Å². The number of piperidine rings is 1. The van der Waals surface area contributed by atoms with Gasteiger partial charge in [-0.05, 0) is 31.0 Å². The maximum Gasteiger partial charge on any atom is 0.356 e. The van der Waals surface area contributed by atoms with E-state index in [1.165, 1.54) is 4.90 Å². The standard InChI is InChI=1S/C18H15F2N3O4/c19-11-1-2-13(20)12(7-11)16(24)10-3-5-23(6-4-10)17(25)14-8-22-15(9-21-14)18(26)27/h1-2,7-10H,3-6H2,(H,26,27). The number of ketones is 1. The molecule has 9 heteroatoms. The average molecular weight is 375 g/mol. The van der Waals surface area contributed by atoms with Crippen LogP contribution in [0.5, 0.6) is 0 Å². The molecule has 0 bridgehead atoms. The maximum absolute atomic E-state index is 13.8. The Morgan fingerprint density at radius 3 is 2.26 bits per heavy atom. The highest BCUT2D eigenvalue weighted by Gasteiger charge is 2.30. The zero-order chi connectivity index (χ0) is 19.6. The number of halogens is 2. The predicted molar refractivity (Wildman–Crippen MR) is 88.3 cm³/mol. The summed E-state index contributed by atoms with van der Waals surface area (Å²) in [4.78, 5) is 44.5. The van der Waals surface area contributed by atoms with Crippen molar-refractivity contribution in [2.24, 2.45) is 5.92 Å². The number of carboxylic acid groups (broad SMARTS) is 1. The van der Waals surface area contributed by atoms with E-state index in [1.54, 1.807) is 0 Å². The second-order valence-corrected chi connectivity index (χ2v) is 6.15. The molecular weight excluding hydrogens is 360 g/mol. The zero-order valence-corrected chi connectivity index (χ0v) is 14.1. The van der Waals surface area contributed by atoms with Crippen molar-refractivity contribution in [2.75, 3.05) is 13.1 Å². The molecule has 0 aliphatic carbocycles. The first kappa shape index (κ1) is 18.6. The minimum absolute atomic E-state index is 0.000881. The number of amides is 1. The Morgan fingerprint density at radius 1 is 1.04 bits per heavy atom. The van der Waals surface area contributed by atoms with Gasteiger partial charge in [0.2, 0.25) is 0 Å². The molecule has 0 atom stereocenters. The van der Waals surface area contributed by atoms with Gasteiger partial charge in [0.25, 0.3) is 5.91 Å². The number of benzene rings is 1. The van der Waals surface area contributed by atoms with Crippen LogP contribution in [0, 0.1) is 17.6 Å². The fourth-order valence-electron chi connectivity index (χ4n) is 2.96. The first-order valence-electron chi connectivity index (χ1n) is 8.20. The highest BCUT2D eigenvalue weighted by atomic mass is 19.1. The van der Waals surface area contributed by atoms with Gasteiger partial charge in [0, 0.05) is 19.0 Å². The Morgan fingerprint density at radius 2 is 1.67 bits per heavy atom. The highest BCUT2D eigenvalue weighted by molar-refractivity contribution is 5.98. The van der Waals surface area contributed by atoms with Crippen molar-refractivity contribution in [3.63, 3.8) is 0 Å². The zero-order valence-electron chi connectivity index (χ0n) is 14.1. The summed E-state index contributed by atoms with van der Waals surface area (Å²) < 4.78 is 27.1. The molecule has 140 valence electrons. The van der Waals surface area contributed by atoms with E-state index in [9.17, 15) is 23.2 Å². The molecule has 2 heterocycles. The van der Waals surface area contributed by atoms with Gasteiger partial charge in [0.05, 0.1) is 18.0 Å². The van der Waals surface area contributed by atoms with Gasteiger partial charge in [-0.1, -0.05) is 0 Å². The number of carbonyl (C=O) groups excluding carboxylic acids is 2. The molecular formula is C18H15F2N3O4. The van der Waals surface area contributed by atoms with Gasteiger partial charge in [-0.15, -0.1) is 0 Å². The van der Waals surface area contributed by atoms with Crippen LogP contribution in [0.3, 0.4) is 0 Å². The molecule has 1 fully saturated rings. The summed E-state index contributed by atoms with van der Waals surface area (Å²) in [5, 5.41) is 8.79. The number of carboxylic acids is 1. The van der Waals surface area contributed by atoms with Crippen molar-refractivity contribution >= 4 is 17.7 Å². The number of rotatable bonds is 4. The van der Waals surface area contributed by atoms with Crippen molar-refractivity contribution in [2.45, 2.75) is 12.8 Å². The van der Waals surface area contributed by atoms with Gasteiger partial charge in [-0.3, -0.25) is 9.59 Å². The lowest BCUT2D eigenvalue weighted by molar-refractivity contribution is 0.0641. The number of nitrogens with zero attached hydrogens (tertiary/aromatic N) is 3. The molecule has 7 nitrogen and oxygen atoms in total. The molecule has 1 aliphatic rings. The first-order valence-corrected chi connectivity index (χ1v) is 8.20. The number of hydrogen-bond donors (Lipinski definition) is 1. The minimum atomic E-state index is -1.24. The molecule has 1 aromatic heterocycles. The Hall–Kier alpha value is -3.23. The molecule has 2 aromatic rings. The van der Waals surface area contributed by atoms with Gasteiger partial charge >= 0.3 is 5.97 Å². The van der Waals surface area contributed by atoms with Crippen LogP contribution in [0.25, 0.3) is 0 Å². The van der Waals surface area contributed by atoms with Crippen LogP contribution in [-0.2, 0) is 0 Å². The molecule has 0 spiro atoms. The smallest absolute Gasteiger partial charge is 0.356 e. The minimum Gasteiger partial charge on any atom is -0.476 e. The first-order chi connectivity index (χ1) is 12.9. The van der Waals surface area contributed by atoms with Crippen molar-refractivity contribution in [1.29, 1.82) is 0 Å². The van der Waals surface area contributed by atoms with Crippen LogP contribution in [-0.4, -0.2) is 50.7 Å². The van der Waals surface area contributed by atoms with Crippen LogP contribution in [0.4, 0.5) is 8.78 Å². The molecule has 1 aliphatic heterocycles. The molecule has 1 aromatic carbocycles. The molecule has 0 saturated carbocycles. The second-order valence-electron chi connectivity index (χ2n) is 6.15. The lowest BCUT2D eigenvalue weighted by Crippen LogP contribution is -2.40. The third kappa shape index (κ3) is 3.97. The molecule has 1 saturated heterocycles. The van der Waals surface area contributed by atoms with Gasteiger partial charge in [0.1, 0.15) is 17.3 Å². The summed E-state index contributed by atoms with van der Waals surface area (Å²) in [5.74, 6) is -4.12. The van der Waals surface area contributed by atoms with Crippen LogP contribution in [0.1, 0.15) is 44.2 Å². The number of aromatic carboxylic acids is 1. The number of hydrogen-bond acceptors (Lipinski definition) is 5. The van der Waals surface area contributed by atoms with E-state index in [0.29, 0.717) is 12.8 Å². The summed E-state index contributed by atoms with van der Waals surface area (Å²) in [5.41, 5.74) is -0.552. The Kier molecular flexibility index (Phi) is 5.20. The molecule has 1 N–H and O–H groups in total. The summed E-state index contributed by atoms with van der Waals surface area (Å²) in [6, 6.07) is 2.75. The third-order valence-electron chi connectivity index (χ3n) is 4.44. The van der Waals surface area contributed by atoms with Crippen molar-refractivity contribution in [1.82, 2.24) is 14.9 Å². The number of likely N-dealkylation sites (tertiary alicyclic amines) is 1. The van der Waals surface area contributed by atoms with Crippen molar-refractivity contribution in [3.05, 3.63) is 59.2 Å². The molecule has 27 heavy (non-hydrogen) atoms. The monoisotopic (exact) mass is 375 g/mol. The summed E-state index contributed by atoms with van der Waals surface area (Å²) in [6.45, 7) is 0.489. The van der Waals surface area contributed by atoms with E-state index in [0.717, 1.165) is 30.6 Å².